The van der Waals surface area contributed by atoms with Crippen LogP contribution in [0.25, 0.3) is 0 Å². The lowest BCUT2D eigenvalue weighted by atomic mass is 10.7. The third-order valence-corrected chi connectivity index (χ3v) is 1.38. The van der Waals surface area contributed by atoms with Gasteiger partial charge < -0.3 is 5.32 Å². The van der Waals surface area contributed by atoms with E-state index in [0.29, 0.717) is 5.75 Å². The van der Waals surface area contributed by atoms with Crippen molar-refractivity contribution >= 4 is 17.7 Å². The van der Waals surface area contributed by atoms with E-state index in [0.717, 1.165) is 0 Å². The Hall–Kier alpha value is -0.440. The second-order valence-electron chi connectivity index (χ2n) is 1.18. The molecular weight excluding hydrogens is 134 g/mol. The molecule has 1 N–H and O–H groups in total. The molecule has 1 heterocycles. The summed E-state index contributed by atoms with van der Waals surface area (Å²) in [7, 11) is 0. The zero-order valence-corrected chi connectivity index (χ0v) is 6.49. The molecule has 0 radical (unpaired) electrons. The number of carbonyl (C=O) groups is 1. The fourth-order valence-corrected chi connectivity index (χ4v) is 0.836. The lowest BCUT2D eigenvalue weighted by molar-refractivity contribution is -0.117. The molecule has 0 fully saturated rings. The average Bonchev–Trinajstić information content (AvgIpc) is 1.94. The van der Waals surface area contributed by atoms with Crippen molar-refractivity contribution in [3.05, 3.63) is 11.6 Å². The Labute approximate surface area is 61.2 Å². The summed E-state index contributed by atoms with van der Waals surface area (Å²) in [6.07, 6.45) is 1.65. The van der Waals surface area contributed by atoms with Crippen molar-refractivity contribution in [2.45, 2.75) is 13.8 Å². The summed E-state index contributed by atoms with van der Waals surface area (Å²) in [6, 6.07) is 0. The minimum atomic E-state index is 0. The largest absolute Gasteiger partial charge is 0.331 e. The Bertz CT molecular complexity index is 116. The van der Waals surface area contributed by atoms with Crippen molar-refractivity contribution in [2.75, 3.05) is 5.75 Å². The molecule has 9 heavy (non-hydrogen) atoms. The van der Waals surface area contributed by atoms with Crippen molar-refractivity contribution in [2.24, 2.45) is 0 Å². The van der Waals surface area contributed by atoms with Gasteiger partial charge in [-0.2, -0.15) is 0 Å². The highest BCUT2D eigenvalue weighted by molar-refractivity contribution is 8.02. The molecule has 2 nitrogen and oxygen atoms in total. The Kier molecular flexibility index (Phi) is 5.41. The molecule has 0 spiro atoms. The fourth-order valence-electron chi connectivity index (χ4n) is 0.341. The number of rotatable bonds is 0. The van der Waals surface area contributed by atoms with E-state index in [1.807, 2.05) is 19.3 Å². The normalized spacial score (nSPS) is 15.6. The van der Waals surface area contributed by atoms with Gasteiger partial charge in [0.05, 0.1) is 5.75 Å². The molecule has 1 amide bonds. The molecule has 0 unspecified atom stereocenters. The quantitative estimate of drug-likeness (QED) is 0.564. The van der Waals surface area contributed by atoms with Crippen LogP contribution in [0.2, 0.25) is 0 Å². The number of hydrogen-bond donors (Lipinski definition) is 1. The Morgan fingerprint density at radius 1 is 1.78 bits per heavy atom. The maximum atomic E-state index is 10.3. The molecular formula is C6H13NOS. The van der Waals surface area contributed by atoms with E-state index in [1.54, 1.807) is 6.20 Å². The van der Waals surface area contributed by atoms with Gasteiger partial charge in [-0.25, -0.2) is 0 Å². The topological polar surface area (TPSA) is 29.1 Å². The first-order chi connectivity index (χ1) is 4.39. The van der Waals surface area contributed by atoms with Crippen molar-refractivity contribution in [1.29, 1.82) is 0 Å². The average molecular weight is 147 g/mol. The van der Waals surface area contributed by atoms with Crippen LogP contribution in [0.5, 0.6) is 0 Å². The number of amides is 1. The van der Waals surface area contributed by atoms with Crippen LogP contribution in [0.3, 0.4) is 0 Å². The highest BCUT2D eigenvalue weighted by Gasteiger charge is 1.98. The van der Waals surface area contributed by atoms with E-state index < -0.39 is 0 Å². The van der Waals surface area contributed by atoms with Crippen LogP contribution >= 0.6 is 11.8 Å². The maximum absolute atomic E-state index is 10.3. The van der Waals surface area contributed by atoms with Gasteiger partial charge in [0.2, 0.25) is 5.91 Å². The summed E-state index contributed by atoms with van der Waals surface area (Å²) in [5.41, 5.74) is 0. The third-order valence-electron chi connectivity index (χ3n) is 0.623. The van der Waals surface area contributed by atoms with E-state index in [4.69, 9.17) is 0 Å². The van der Waals surface area contributed by atoms with E-state index in [2.05, 4.69) is 5.32 Å². The molecule has 0 aromatic rings. The highest BCUT2D eigenvalue weighted by Crippen LogP contribution is 2.03. The first kappa shape index (κ1) is 8.56. The minimum Gasteiger partial charge on any atom is -0.331 e. The molecule has 0 saturated carbocycles. The van der Waals surface area contributed by atoms with Crippen LogP contribution in [0.1, 0.15) is 15.3 Å². The summed E-state index contributed by atoms with van der Waals surface area (Å²) in [5.74, 6) is 0.656. The van der Waals surface area contributed by atoms with Crippen molar-refractivity contribution in [1.82, 2.24) is 5.32 Å². The SMILES string of the molecule is CC.O=C1CSC=CN1.[HH]. The summed E-state index contributed by atoms with van der Waals surface area (Å²) in [5, 5.41) is 4.40. The monoisotopic (exact) mass is 147 g/mol. The highest BCUT2D eigenvalue weighted by atomic mass is 32.2. The van der Waals surface area contributed by atoms with Gasteiger partial charge in [-0.3, -0.25) is 4.79 Å². The standard InChI is InChI=1S/C4H5NOS.C2H6.H2/c6-4-3-7-2-1-5-4;1-2;/h1-2H,3H2,(H,5,6);1-2H3;1H. The number of nitrogens with one attached hydrogen (secondary N) is 1. The van der Waals surface area contributed by atoms with E-state index in [-0.39, 0.29) is 7.33 Å². The van der Waals surface area contributed by atoms with Crippen LogP contribution in [0.15, 0.2) is 11.6 Å². The molecule has 0 bridgehead atoms. The molecule has 0 aliphatic carbocycles. The summed E-state index contributed by atoms with van der Waals surface area (Å²) < 4.78 is 0. The second-order valence-corrected chi connectivity index (χ2v) is 2.08. The summed E-state index contributed by atoms with van der Waals surface area (Å²) >= 11 is 1.51. The van der Waals surface area contributed by atoms with Gasteiger partial charge in [0.15, 0.2) is 0 Å². The first-order valence-corrected chi connectivity index (χ1v) is 4.00. The molecule has 0 atom stereocenters. The molecule has 54 valence electrons. The lowest BCUT2D eigenvalue weighted by Crippen LogP contribution is -2.21. The predicted octanol–water partition coefficient (Wildman–Crippen LogP) is 1.59. The Morgan fingerprint density at radius 2 is 2.44 bits per heavy atom. The van der Waals surface area contributed by atoms with Gasteiger partial charge >= 0.3 is 0 Å². The van der Waals surface area contributed by atoms with Crippen LogP contribution in [-0.2, 0) is 4.79 Å². The van der Waals surface area contributed by atoms with Crippen molar-refractivity contribution < 1.29 is 6.22 Å². The number of hydrogen-bond acceptors (Lipinski definition) is 2. The molecule has 0 saturated heterocycles. The molecule has 1 aliphatic heterocycles. The van der Waals surface area contributed by atoms with Crippen LogP contribution < -0.4 is 5.32 Å². The summed E-state index contributed by atoms with van der Waals surface area (Å²) in [6.45, 7) is 4.00. The Morgan fingerprint density at radius 3 is 2.67 bits per heavy atom. The molecule has 0 aromatic carbocycles. The number of thioether (sulfide) groups is 1. The molecule has 1 aliphatic rings. The Balaban J connectivity index is 0. The predicted molar refractivity (Wildman–Crippen MR) is 43.2 cm³/mol. The van der Waals surface area contributed by atoms with Crippen molar-refractivity contribution in [3.8, 4) is 0 Å². The molecule has 3 heteroatoms. The van der Waals surface area contributed by atoms with Crippen LogP contribution in [0, 0.1) is 0 Å². The minimum absolute atomic E-state index is 0. The van der Waals surface area contributed by atoms with Gasteiger partial charge in [-0.05, 0) is 5.41 Å². The van der Waals surface area contributed by atoms with Gasteiger partial charge in [0.1, 0.15) is 0 Å². The number of carbonyl (C=O) groups excluding carboxylic acids is 1. The fraction of sp³-hybridized carbons (Fsp3) is 0.500. The second kappa shape index (κ2) is 5.69. The van der Waals surface area contributed by atoms with Crippen LogP contribution in [-0.4, -0.2) is 11.7 Å². The van der Waals surface area contributed by atoms with Crippen molar-refractivity contribution in [3.63, 3.8) is 0 Å². The van der Waals surface area contributed by atoms with E-state index >= 15 is 0 Å². The van der Waals surface area contributed by atoms with Gasteiger partial charge in [-0.15, -0.1) is 11.8 Å². The van der Waals surface area contributed by atoms with Gasteiger partial charge in [-0.1, -0.05) is 13.8 Å². The zero-order valence-electron chi connectivity index (χ0n) is 5.68. The zero-order chi connectivity index (χ0) is 7.11. The molecule has 1 rings (SSSR count). The summed E-state index contributed by atoms with van der Waals surface area (Å²) in [4.78, 5) is 10.3. The van der Waals surface area contributed by atoms with Crippen LogP contribution in [0.4, 0.5) is 0 Å². The third kappa shape index (κ3) is 4.09. The van der Waals surface area contributed by atoms with Gasteiger partial charge in [0, 0.05) is 7.63 Å². The lowest BCUT2D eigenvalue weighted by Gasteiger charge is -2.00. The first-order valence-electron chi connectivity index (χ1n) is 2.95. The van der Waals surface area contributed by atoms with Gasteiger partial charge in [0.25, 0.3) is 0 Å². The smallest absolute Gasteiger partial charge is 0.234 e. The maximum Gasteiger partial charge on any atom is 0.234 e. The van der Waals surface area contributed by atoms with E-state index in [1.165, 1.54) is 11.8 Å². The molecule has 0 aromatic heterocycles. The van der Waals surface area contributed by atoms with E-state index in [9.17, 15) is 4.79 Å².